The summed E-state index contributed by atoms with van der Waals surface area (Å²) in [7, 11) is 1.90. The van der Waals surface area contributed by atoms with Crippen LogP contribution < -0.4 is 0 Å². The van der Waals surface area contributed by atoms with Gasteiger partial charge in [-0.05, 0) is 13.5 Å². The molecular formula is C16H33NO4. The molecule has 0 aliphatic heterocycles. The van der Waals surface area contributed by atoms with Crippen LogP contribution in [0.3, 0.4) is 0 Å². The quantitative estimate of drug-likeness (QED) is 0.613. The minimum absolute atomic E-state index is 0.0442. The molecule has 0 radical (unpaired) electrons. The van der Waals surface area contributed by atoms with Gasteiger partial charge in [-0.25, -0.2) is 0 Å². The van der Waals surface area contributed by atoms with E-state index < -0.39 is 0 Å². The van der Waals surface area contributed by atoms with Crippen LogP contribution in [0.15, 0.2) is 0 Å². The molecule has 0 spiro atoms. The summed E-state index contributed by atoms with van der Waals surface area (Å²) in [5.41, 5.74) is 0. The fourth-order valence-corrected chi connectivity index (χ4v) is 1.19. The van der Waals surface area contributed by atoms with Crippen molar-refractivity contribution < 1.29 is 19.1 Å². The predicted octanol–water partition coefficient (Wildman–Crippen LogP) is 2.73. The highest BCUT2D eigenvalue weighted by Crippen LogP contribution is 2.03. The monoisotopic (exact) mass is 303 g/mol. The summed E-state index contributed by atoms with van der Waals surface area (Å²) in [6, 6.07) is 0. The number of esters is 2. The Balaban J connectivity index is 0. The molecule has 0 rings (SSSR count). The predicted molar refractivity (Wildman–Crippen MR) is 85.1 cm³/mol. The van der Waals surface area contributed by atoms with Crippen LogP contribution in [-0.4, -0.2) is 50.2 Å². The Kier molecular flexibility index (Phi) is 14.6. The molecule has 0 bridgehead atoms. The third kappa shape index (κ3) is 12.4. The number of carbonyl (C=O) groups is 2. The van der Waals surface area contributed by atoms with Crippen LogP contribution >= 0.6 is 0 Å². The maximum Gasteiger partial charge on any atom is 0.308 e. The zero-order valence-electron chi connectivity index (χ0n) is 14.8. The van der Waals surface area contributed by atoms with Gasteiger partial charge < -0.3 is 9.47 Å². The maximum absolute atomic E-state index is 11.4. The highest BCUT2D eigenvalue weighted by Gasteiger charge is 2.12. The molecule has 0 fully saturated rings. The number of carbonyl (C=O) groups excluding carboxylic acids is 2. The van der Waals surface area contributed by atoms with Gasteiger partial charge in [0.1, 0.15) is 13.2 Å². The molecule has 0 aliphatic rings. The highest BCUT2D eigenvalue weighted by atomic mass is 16.5. The van der Waals surface area contributed by atoms with Crippen LogP contribution in [0.2, 0.25) is 0 Å². The van der Waals surface area contributed by atoms with E-state index in [4.69, 9.17) is 9.47 Å². The van der Waals surface area contributed by atoms with E-state index in [9.17, 15) is 9.59 Å². The molecule has 5 nitrogen and oxygen atoms in total. The molecule has 0 saturated heterocycles. The van der Waals surface area contributed by atoms with E-state index in [1.54, 1.807) is 13.8 Å². The van der Waals surface area contributed by atoms with Gasteiger partial charge in [0, 0.05) is 13.1 Å². The van der Waals surface area contributed by atoms with Crippen molar-refractivity contribution >= 4 is 11.9 Å². The van der Waals surface area contributed by atoms with Gasteiger partial charge in [-0.1, -0.05) is 41.5 Å². The first-order valence-electron chi connectivity index (χ1n) is 7.90. The Hall–Kier alpha value is -1.10. The molecule has 1 atom stereocenters. The number of hydrogen-bond donors (Lipinski definition) is 0. The molecule has 0 aromatic rings. The summed E-state index contributed by atoms with van der Waals surface area (Å²) >= 11 is 0. The van der Waals surface area contributed by atoms with E-state index in [1.807, 2.05) is 39.6 Å². The molecule has 5 heteroatoms. The molecule has 0 aromatic heterocycles. The largest absolute Gasteiger partial charge is 0.464 e. The second kappa shape index (κ2) is 13.9. The van der Waals surface area contributed by atoms with Crippen LogP contribution in [-0.2, 0) is 19.1 Å². The summed E-state index contributed by atoms with van der Waals surface area (Å²) in [5.74, 6) is -0.474. The third-order valence-corrected chi connectivity index (χ3v) is 2.92. The van der Waals surface area contributed by atoms with Crippen molar-refractivity contribution in [2.75, 3.05) is 33.4 Å². The lowest BCUT2D eigenvalue weighted by atomic mass is 10.1. The molecule has 21 heavy (non-hydrogen) atoms. The third-order valence-electron chi connectivity index (χ3n) is 2.92. The summed E-state index contributed by atoms with van der Waals surface area (Å²) in [5, 5.41) is 0. The standard InChI is InChI=1S/C14H27NO4.C2H6/c1-6-12(4)14(17)19-10-8-15(5)7-9-18-13(16)11(2)3;1-2/h11-12H,6-10H2,1-5H3;1-2H3. The first kappa shape index (κ1) is 22.2. The first-order chi connectivity index (χ1) is 9.88. The van der Waals surface area contributed by atoms with Crippen molar-refractivity contribution in [3.8, 4) is 0 Å². The smallest absolute Gasteiger partial charge is 0.308 e. The maximum atomic E-state index is 11.4. The number of likely N-dealkylation sites (N-methyl/N-ethyl adjacent to an activating group) is 1. The lowest BCUT2D eigenvalue weighted by Gasteiger charge is -2.17. The highest BCUT2D eigenvalue weighted by molar-refractivity contribution is 5.72. The van der Waals surface area contributed by atoms with E-state index in [-0.39, 0.29) is 23.8 Å². The van der Waals surface area contributed by atoms with E-state index in [1.165, 1.54) is 0 Å². The molecular weight excluding hydrogens is 270 g/mol. The molecule has 0 aliphatic carbocycles. The van der Waals surface area contributed by atoms with E-state index >= 15 is 0 Å². The summed E-state index contributed by atoms with van der Waals surface area (Å²) in [6.45, 7) is 13.4. The van der Waals surface area contributed by atoms with Crippen molar-refractivity contribution in [3.05, 3.63) is 0 Å². The van der Waals surface area contributed by atoms with E-state index in [0.717, 1.165) is 6.42 Å². The molecule has 0 N–H and O–H groups in total. The van der Waals surface area contributed by atoms with Gasteiger partial charge in [0.05, 0.1) is 11.8 Å². The van der Waals surface area contributed by atoms with Gasteiger partial charge >= 0.3 is 11.9 Å². The van der Waals surface area contributed by atoms with E-state index in [2.05, 4.69) is 0 Å². The topological polar surface area (TPSA) is 55.8 Å². The van der Waals surface area contributed by atoms with Gasteiger partial charge in [-0.3, -0.25) is 14.5 Å². The minimum atomic E-state index is -0.184. The summed E-state index contributed by atoms with van der Waals surface area (Å²) in [4.78, 5) is 24.6. The second-order valence-corrected chi connectivity index (χ2v) is 5.10. The Morgan fingerprint density at radius 1 is 0.952 bits per heavy atom. The van der Waals surface area contributed by atoms with Gasteiger partial charge in [-0.2, -0.15) is 0 Å². The number of rotatable bonds is 9. The van der Waals surface area contributed by atoms with Crippen LogP contribution in [0.4, 0.5) is 0 Å². The van der Waals surface area contributed by atoms with Crippen molar-refractivity contribution in [2.24, 2.45) is 11.8 Å². The number of nitrogens with zero attached hydrogens (tertiary/aromatic N) is 1. The van der Waals surface area contributed by atoms with Gasteiger partial charge in [-0.15, -0.1) is 0 Å². The normalized spacial score (nSPS) is 11.7. The summed E-state index contributed by atoms with van der Waals surface area (Å²) < 4.78 is 10.2. The molecule has 126 valence electrons. The fourth-order valence-electron chi connectivity index (χ4n) is 1.19. The van der Waals surface area contributed by atoms with Crippen LogP contribution in [0.25, 0.3) is 0 Å². The molecule has 0 saturated carbocycles. The average molecular weight is 303 g/mol. The van der Waals surface area contributed by atoms with Gasteiger partial charge in [0.25, 0.3) is 0 Å². The van der Waals surface area contributed by atoms with Crippen LogP contribution in [0.1, 0.15) is 48.0 Å². The fraction of sp³-hybridized carbons (Fsp3) is 0.875. The van der Waals surface area contributed by atoms with Crippen molar-refractivity contribution in [3.63, 3.8) is 0 Å². The average Bonchev–Trinajstić information content (AvgIpc) is 2.47. The molecule has 0 heterocycles. The number of ether oxygens (including phenoxy) is 2. The van der Waals surface area contributed by atoms with Crippen molar-refractivity contribution in [2.45, 2.75) is 48.0 Å². The van der Waals surface area contributed by atoms with Crippen LogP contribution in [0.5, 0.6) is 0 Å². The van der Waals surface area contributed by atoms with Gasteiger partial charge in [0.2, 0.25) is 0 Å². The first-order valence-corrected chi connectivity index (χ1v) is 7.90. The lowest BCUT2D eigenvalue weighted by Crippen LogP contribution is -2.29. The summed E-state index contributed by atoms with van der Waals surface area (Å²) in [6.07, 6.45) is 0.791. The molecule has 0 aromatic carbocycles. The van der Waals surface area contributed by atoms with Crippen molar-refractivity contribution in [1.82, 2.24) is 4.90 Å². The zero-order valence-corrected chi connectivity index (χ0v) is 14.8. The SMILES string of the molecule is CC.CCC(C)C(=O)OCCN(C)CCOC(=O)C(C)C. The van der Waals surface area contributed by atoms with Crippen LogP contribution in [0, 0.1) is 11.8 Å². The Labute approximate surface area is 130 Å². The second-order valence-electron chi connectivity index (χ2n) is 5.10. The van der Waals surface area contributed by atoms with Gasteiger partial charge in [0.15, 0.2) is 0 Å². The minimum Gasteiger partial charge on any atom is -0.464 e. The van der Waals surface area contributed by atoms with E-state index in [0.29, 0.717) is 26.3 Å². The Morgan fingerprint density at radius 3 is 1.76 bits per heavy atom. The zero-order chi connectivity index (χ0) is 16.8. The lowest BCUT2D eigenvalue weighted by molar-refractivity contribution is -0.148. The Bertz CT molecular complexity index is 279. The number of hydrogen-bond acceptors (Lipinski definition) is 5. The molecule has 1 unspecified atom stereocenters. The van der Waals surface area contributed by atoms with Crippen molar-refractivity contribution in [1.29, 1.82) is 0 Å². The molecule has 0 amide bonds. The Morgan fingerprint density at radius 2 is 1.38 bits per heavy atom.